The SMILES string of the molecule is COc1ccc(-c2ccc(C(=O)N3CCN([S+](=O)([O-])c4cccs4)CC3)cc2)nn1. The van der Waals surface area contributed by atoms with Crippen LogP contribution in [-0.4, -0.2) is 63.2 Å². The van der Waals surface area contributed by atoms with Gasteiger partial charge in [0, 0.05) is 36.3 Å². The first kappa shape index (κ1) is 20.6. The Bertz CT molecular complexity index is 1050. The lowest BCUT2D eigenvalue weighted by atomic mass is 10.1. The summed E-state index contributed by atoms with van der Waals surface area (Å²) < 4.78 is 32.0. The Morgan fingerprint density at radius 2 is 1.80 bits per heavy atom. The van der Waals surface area contributed by atoms with Crippen molar-refractivity contribution in [2.75, 3.05) is 33.3 Å². The van der Waals surface area contributed by atoms with Crippen LogP contribution in [0.5, 0.6) is 5.88 Å². The van der Waals surface area contributed by atoms with E-state index in [1.54, 1.807) is 46.7 Å². The van der Waals surface area contributed by atoms with Crippen molar-refractivity contribution < 1.29 is 18.3 Å². The Kier molecular flexibility index (Phi) is 5.91. The van der Waals surface area contributed by atoms with E-state index in [9.17, 15) is 13.6 Å². The van der Waals surface area contributed by atoms with Crippen LogP contribution in [0.25, 0.3) is 11.3 Å². The molecule has 10 heteroatoms. The molecule has 1 atom stereocenters. The third kappa shape index (κ3) is 4.12. The number of rotatable bonds is 5. The van der Waals surface area contributed by atoms with E-state index in [0.717, 1.165) is 5.56 Å². The molecule has 0 bridgehead atoms. The maximum Gasteiger partial charge on any atom is 0.253 e. The zero-order valence-corrected chi connectivity index (χ0v) is 17.9. The molecule has 1 fully saturated rings. The molecule has 1 amide bonds. The Balaban J connectivity index is 1.40. The van der Waals surface area contributed by atoms with Gasteiger partial charge in [-0.25, -0.2) is 0 Å². The number of hydrogen-bond donors (Lipinski definition) is 0. The fourth-order valence-corrected chi connectivity index (χ4v) is 5.78. The third-order valence-corrected chi connectivity index (χ3v) is 8.16. The van der Waals surface area contributed by atoms with Crippen molar-refractivity contribution in [2.24, 2.45) is 0 Å². The molecule has 2 aromatic heterocycles. The van der Waals surface area contributed by atoms with Gasteiger partial charge in [0.1, 0.15) is 0 Å². The van der Waals surface area contributed by atoms with Gasteiger partial charge in [-0.1, -0.05) is 27.7 Å². The topological polar surface area (TPSA) is 98.7 Å². The summed E-state index contributed by atoms with van der Waals surface area (Å²) in [6.07, 6.45) is 0. The van der Waals surface area contributed by atoms with E-state index in [4.69, 9.17) is 4.74 Å². The summed E-state index contributed by atoms with van der Waals surface area (Å²) in [6.45, 7) is 1.28. The van der Waals surface area contributed by atoms with Gasteiger partial charge < -0.3 is 14.2 Å². The lowest BCUT2D eigenvalue weighted by Gasteiger charge is -2.35. The van der Waals surface area contributed by atoms with Gasteiger partial charge in [0.2, 0.25) is 10.1 Å². The van der Waals surface area contributed by atoms with Gasteiger partial charge in [-0.15, -0.1) is 14.5 Å². The van der Waals surface area contributed by atoms with Gasteiger partial charge in [0.05, 0.1) is 25.9 Å². The van der Waals surface area contributed by atoms with Crippen molar-refractivity contribution in [2.45, 2.75) is 4.21 Å². The average Bonchev–Trinajstić information content (AvgIpc) is 3.35. The minimum Gasteiger partial charge on any atom is -0.592 e. The van der Waals surface area contributed by atoms with Gasteiger partial charge in [-0.05, 0) is 29.6 Å². The van der Waals surface area contributed by atoms with Gasteiger partial charge >= 0.3 is 0 Å². The van der Waals surface area contributed by atoms with Crippen LogP contribution in [0, 0.1) is 0 Å². The molecule has 4 rings (SSSR count). The highest BCUT2D eigenvalue weighted by Gasteiger charge is 2.35. The largest absolute Gasteiger partial charge is 0.592 e. The Morgan fingerprint density at radius 3 is 2.37 bits per heavy atom. The number of thiophene rings is 1. The summed E-state index contributed by atoms with van der Waals surface area (Å²) in [6, 6.07) is 14.0. The molecule has 156 valence electrons. The first-order valence-electron chi connectivity index (χ1n) is 9.30. The molecule has 3 heterocycles. The molecule has 0 saturated carbocycles. The van der Waals surface area contributed by atoms with E-state index in [-0.39, 0.29) is 19.0 Å². The smallest absolute Gasteiger partial charge is 0.253 e. The number of nitrogens with zero attached hydrogens (tertiary/aromatic N) is 4. The fraction of sp³-hybridized carbons (Fsp3) is 0.250. The number of ether oxygens (including phenoxy) is 1. The van der Waals surface area contributed by atoms with E-state index in [2.05, 4.69) is 10.2 Å². The number of benzene rings is 1. The molecular weight excluding hydrogens is 424 g/mol. The molecule has 0 radical (unpaired) electrons. The summed E-state index contributed by atoms with van der Waals surface area (Å²) in [5.74, 6) is 0.321. The van der Waals surface area contributed by atoms with Crippen molar-refractivity contribution in [1.82, 2.24) is 19.4 Å². The highest BCUT2D eigenvalue weighted by Crippen LogP contribution is 2.27. The average molecular weight is 445 g/mol. The lowest BCUT2D eigenvalue weighted by Crippen LogP contribution is -2.52. The number of methoxy groups -OCH3 is 1. The molecule has 30 heavy (non-hydrogen) atoms. The van der Waals surface area contributed by atoms with Crippen LogP contribution in [0.15, 0.2) is 58.1 Å². The van der Waals surface area contributed by atoms with Crippen LogP contribution in [0.3, 0.4) is 0 Å². The number of amides is 1. The number of sulfonamides is 1. The number of carbonyl (C=O) groups is 1. The fourth-order valence-electron chi connectivity index (χ4n) is 3.22. The predicted molar refractivity (Wildman–Crippen MR) is 113 cm³/mol. The quantitative estimate of drug-likeness (QED) is 0.561. The predicted octanol–water partition coefficient (Wildman–Crippen LogP) is 2.58. The van der Waals surface area contributed by atoms with Crippen molar-refractivity contribution in [3.05, 3.63) is 59.5 Å². The van der Waals surface area contributed by atoms with E-state index in [1.165, 1.54) is 22.8 Å². The van der Waals surface area contributed by atoms with Crippen molar-refractivity contribution >= 4 is 27.6 Å². The molecule has 1 aliphatic rings. The van der Waals surface area contributed by atoms with E-state index in [1.807, 2.05) is 12.1 Å². The standard InChI is InChI=1S/C20H20N4O4S2/c1-28-18-9-8-17(21-22-18)15-4-6-16(7-5-15)20(25)23-10-12-24(13-11-23)30(26,27)19-3-2-14-29-19/h2-9,14H,10-13H2,1H3. The van der Waals surface area contributed by atoms with E-state index >= 15 is 0 Å². The summed E-state index contributed by atoms with van der Waals surface area (Å²) in [5, 5.41) is 9.80. The van der Waals surface area contributed by atoms with Crippen LogP contribution < -0.4 is 4.74 Å². The molecular formula is C20H20N4O4S2. The minimum absolute atomic E-state index is 0.115. The number of hydrogen-bond acceptors (Lipinski definition) is 7. The van der Waals surface area contributed by atoms with E-state index in [0.29, 0.717) is 34.4 Å². The summed E-state index contributed by atoms with van der Waals surface area (Å²) in [7, 11) is -1.95. The van der Waals surface area contributed by atoms with Crippen LogP contribution in [0.4, 0.5) is 0 Å². The molecule has 1 unspecified atom stereocenters. The van der Waals surface area contributed by atoms with Crippen LogP contribution in [-0.2, 0) is 14.6 Å². The van der Waals surface area contributed by atoms with Crippen molar-refractivity contribution in [3.8, 4) is 17.1 Å². The first-order valence-corrected chi connectivity index (χ1v) is 11.6. The summed E-state index contributed by atoms with van der Waals surface area (Å²) in [5.41, 5.74) is 2.07. The third-order valence-electron chi connectivity index (χ3n) is 4.89. The zero-order valence-electron chi connectivity index (χ0n) is 16.3. The van der Waals surface area contributed by atoms with Crippen LogP contribution >= 0.6 is 11.3 Å². The maximum atomic E-state index is 12.8. The van der Waals surface area contributed by atoms with Gasteiger partial charge in [0.15, 0.2) is 10.4 Å². The molecule has 0 spiro atoms. The van der Waals surface area contributed by atoms with Crippen molar-refractivity contribution in [1.29, 1.82) is 0 Å². The molecule has 1 aliphatic heterocycles. The van der Waals surface area contributed by atoms with E-state index < -0.39 is 10.4 Å². The number of piperazine rings is 1. The first-order chi connectivity index (χ1) is 14.5. The molecule has 0 N–H and O–H groups in total. The van der Waals surface area contributed by atoms with Crippen LogP contribution in [0.2, 0.25) is 0 Å². The summed E-state index contributed by atoms with van der Waals surface area (Å²) >= 11 is 1.20. The maximum absolute atomic E-state index is 12.8. The highest BCUT2D eigenvalue weighted by molar-refractivity contribution is 7.97. The highest BCUT2D eigenvalue weighted by atomic mass is 32.3. The van der Waals surface area contributed by atoms with Gasteiger partial charge in [-0.2, -0.15) is 0 Å². The molecule has 1 saturated heterocycles. The lowest BCUT2D eigenvalue weighted by molar-refractivity contribution is 0.0693. The number of carbonyl (C=O) groups excluding carboxylic acids is 1. The number of aromatic nitrogens is 2. The minimum atomic E-state index is -3.48. The summed E-state index contributed by atoms with van der Waals surface area (Å²) in [4.78, 5) is 14.5. The second-order valence-electron chi connectivity index (χ2n) is 6.67. The monoisotopic (exact) mass is 444 g/mol. The zero-order chi connectivity index (χ0) is 21.1. The van der Waals surface area contributed by atoms with Crippen LogP contribution in [0.1, 0.15) is 10.4 Å². The Morgan fingerprint density at radius 1 is 1.07 bits per heavy atom. The van der Waals surface area contributed by atoms with Gasteiger partial charge in [0.25, 0.3) is 5.91 Å². The molecule has 1 aromatic carbocycles. The normalized spacial score (nSPS) is 16.8. The molecule has 3 aromatic rings. The molecule has 8 nitrogen and oxygen atoms in total. The second kappa shape index (κ2) is 8.60. The Hall–Kier alpha value is -2.66. The van der Waals surface area contributed by atoms with Gasteiger partial charge in [-0.3, -0.25) is 4.79 Å². The van der Waals surface area contributed by atoms with Crippen molar-refractivity contribution in [3.63, 3.8) is 0 Å². The second-order valence-corrected chi connectivity index (χ2v) is 9.78. The Labute approximate surface area is 179 Å². The molecule has 0 aliphatic carbocycles.